The fourth-order valence-electron chi connectivity index (χ4n) is 0.808. The third kappa shape index (κ3) is 2.40. The van der Waals surface area contributed by atoms with E-state index < -0.39 is 11.7 Å². The molecule has 0 unspecified atom stereocenters. The van der Waals surface area contributed by atoms with E-state index in [2.05, 4.69) is 0 Å². The molecule has 0 aliphatic carbocycles. The highest BCUT2D eigenvalue weighted by Crippen LogP contribution is 2.36. The van der Waals surface area contributed by atoms with Gasteiger partial charge in [0.25, 0.3) is 0 Å². The van der Waals surface area contributed by atoms with E-state index in [0.717, 1.165) is 6.07 Å². The first-order chi connectivity index (χ1) is 5.82. The average molecular weight is 321 g/mol. The standard InChI is InChI=1S/C7H4ClF3IN/c8-4-1-3(7(9,10)11)6(13)2-5(4)12/h1-2H,13H2. The summed E-state index contributed by atoms with van der Waals surface area (Å²) in [7, 11) is 0. The predicted octanol–water partition coefficient (Wildman–Crippen LogP) is 3.55. The highest BCUT2D eigenvalue weighted by atomic mass is 127. The summed E-state index contributed by atoms with van der Waals surface area (Å²) in [4.78, 5) is 0. The van der Waals surface area contributed by atoms with Crippen LogP contribution in [-0.2, 0) is 6.18 Å². The van der Waals surface area contributed by atoms with E-state index in [1.54, 1.807) is 0 Å². The summed E-state index contributed by atoms with van der Waals surface area (Å²) in [5, 5.41) is 0.0575. The van der Waals surface area contributed by atoms with Crippen LogP contribution in [0, 0.1) is 3.57 Å². The number of benzene rings is 1. The number of nitrogen functional groups attached to an aromatic ring is 1. The first-order valence-electron chi connectivity index (χ1n) is 3.14. The maximum atomic E-state index is 12.2. The minimum atomic E-state index is -4.45. The molecule has 0 atom stereocenters. The molecule has 6 heteroatoms. The van der Waals surface area contributed by atoms with Gasteiger partial charge in [-0.05, 0) is 34.7 Å². The molecule has 1 rings (SSSR count). The molecule has 0 bridgehead atoms. The molecule has 0 amide bonds. The summed E-state index contributed by atoms with van der Waals surface area (Å²) in [6, 6.07) is 2.03. The van der Waals surface area contributed by atoms with Crippen LogP contribution in [0.3, 0.4) is 0 Å². The van der Waals surface area contributed by atoms with Gasteiger partial charge in [0.1, 0.15) is 0 Å². The molecule has 0 saturated heterocycles. The van der Waals surface area contributed by atoms with Gasteiger partial charge in [-0.2, -0.15) is 13.2 Å². The summed E-state index contributed by atoms with van der Waals surface area (Å²) in [6.07, 6.45) is -4.45. The van der Waals surface area contributed by atoms with Crippen molar-refractivity contribution in [2.24, 2.45) is 0 Å². The lowest BCUT2D eigenvalue weighted by Gasteiger charge is -2.10. The Balaban J connectivity index is 3.32. The first kappa shape index (κ1) is 10.9. The van der Waals surface area contributed by atoms with E-state index in [4.69, 9.17) is 17.3 Å². The van der Waals surface area contributed by atoms with Crippen LogP contribution in [-0.4, -0.2) is 0 Å². The number of halogens is 5. The van der Waals surface area contributed by atoms with Gasteiger partial charge in [-0.1, -0.05) is 11.6 Å². The van der Waals surface area contributed by atoms with Crippen LogP contribution < -0.4 is 5.73 Å². The van der Waals surface area contributed by atoms with Crippen LogP contribution in [0.5, 0.6) is 0 Å². The Labute approximate surface area is 91.2 Å². The number of nitrogens with two attached hydrogens (primary N) is 1. The molecule has 1 aromatic carbocycles. The smallest absolute Gasteiger partial charge is 0.398 e. The predicted molar refractivity (Wildman–Crippen MR) is 53.6 cm³/mol. The first-order valence-corrected chi connectivity index (χ1v) is 4.60. The fourth-order valence-corrected chi connectivity index (χ4v) is 1.46. The number of hydrogen-bond acceptors (Lipinski definition) is 1. The Morgan fingerprint density at radius 1 is 1.31 bits per heavy atom. The SMILES string of the molecule is Nc1cc(I)c(Cl)cc1C(F)(F)F. The molecule has 72 valence electrons. The van der Waals surface area contributed by atoms with Crippen LogP contribution >= 0.6 is 34.2 Å². The van der Waals surface area contributed by atoms with Gasteiger partial charge in [0.2, 0.25) is 0 Å². The van der Waals surface area contributed by atoms with Crippen molar-refractivity contribution in [2.45, 2.75) is 6.18 Å². The van der Waals surface area contributed by atoms with Gasteiger partial charge in [0.05, 0.1) is 10.6 Å². The Morgan fingerprint density at radius 3 is 2.31 bits per heavy atom. The zero-order valence-electron chi connectivity index (χ0n) is 6.12. The monoisotopic (exact) mass is 321 g/mol. The highest BCUT2D eigenvalue weighted by Gasteiger charge is 2.33. The fraction of sp³-hybridized carbons (Fsp3) is 0.143. The minimum Gasteiger partial charge on any atom is -0.398 e. The quantitative estimate of drug-likeness (QED) is 0.574. The van der Waals surface area contributed by atoms with Crippen molar-refractivity contribution in [3.05, 3.63) is 26.3 Å². The van der Waals surface area contributed by atoms with E-state index in [0.29, 0.717) is 3.57 Å². The molecule has 2 N–H and O–H groups in total. The Bertz CT molecular complexity index is 337. The van der Waals surface area contributed by atoms with E-state index >= 15 is 0 Å². The van der Waals surface area contributed by atoms with E-state index in [1.165, 1.54) is 6.07 Å². The summed E-state index contributed by atoms with van der Waals surface area (Å²) in [6.45, 7) is 0. The van der Waals surface area contributed by atoms with Crippen LogP contribution in [0.15, 0.2) is 12.1 Å². The molecule has 1 aromatic rings. The van der Waals surface area contributed by atoms with Gasteiger partial charge in [0.15, 0.2) is 0 Å². The highest BCUT2D eigenvalue weighted by molar-refractivity contribution is 14.1. The van der Waals surface area contributed by atoms with Crippen molar-refractivity contribution in [2.75, 3.05) is 5.73 Å². The maximum absolute atomic E-state index is 12.2. The maximum Gasteiger partial charge on any atom is 0.418 e. The molecule has 0 fully saturated rings. The third-order valence-corrected chi connectivity index (χ3v) is 2.92. The molecule has 0 radical (unpaired) electrons. The average Bonchev–Trinajstić information content (AvgIpc) is 1.94. The van der Waals surface area contributed by atoms with Crippen LogP contribution in [0.2, 0.25) is 5.02 Å². The van der Waals surface area contributed by atoms with Gasteiger partial charge in [0, 0.05) is 9.26 Å². The van der Waals surface area contributed by atoms with Crippen LogP contribution in [0.1, 0.15) is 5.56 Å². The number of anilines is 1. The van der Waals surface area contributed by atoms with Crippen LogP contribution in [0.4, 0.5) is 18.9 Å². The third-order valence-electron chi connectivity index (χ3n) is 1.40. The van der Waals surface area contributed by atoms with Gasteiger partial charge >= 0.3 is 6.18 Å². The summed E-state index contributed by atoms with van der Waals surface area (Å²) in [5.41, 5.74) is 4.00. The zero-order valence-corrected chi connectivity index (χ0v) is 9.04. The lowest BCUT2D eigenvalue weighted by atomic mass is 10.2. The van der Waals surface area contributed by atoms with Gasteiger partial charge in [-0.15, -0.1) is 0 Å². The molecule has 0 heterocycles. The second-order valence-electron chi connectivity index (χ2n) is 2.35. The number of alkyl halides is 3. The van der Waals surface area contributed by atoms with E-state index in [1.807, 2.05) is 22.6 Å². The second-order valence-corrected chi connectivity index (χ2v) is 3.92. The molecular weight excluding hydrogens is 317 g/mol. The van der Waals surface area contributed by atoms with E-state index in [-0.39, 0.29) is 10.7 Å². The molecular formula is C7H4ClF3IN. The van der Waals surface area contributed by atoms with Crippen molar-refractivity contribution in [3.63, 3.8) is 0 Å². The van der Waals surface area contributed by atoms with Crippen molar-refractivity contribution in [3.8, 4) is 0 Å². The van der Waals surface area contributed by atoms with Crippen molar-refractivity contribution in [1.29, 1.82) is 0 Å². The molecule has 0 saturated carbocycles. The molecule has 0 spiro atoms. The lowest BCUT2D eigenvalue weighted by Crippen LogP contribution is -2.09. The summed E-state index contributed by atoms with van der Waals surface area (Å²) >= 11 is 7.34. The van der Waals surface area contributed by atoms with Gasteiger partial charge < -0.3 is 5.73 Å². The zero-order chi connectivity index (χ0) is 10.2. The van der Waals surface area contributed by atoms with Gasteiger partial charge in [-0.25, -0.2) is 0 Å². The molecule has 13 heavy (non-hydrogen) atoms. The van der Waals surface area contributed by atoms with E-state index in [9.17, 15) is 13.2 Å². The number of rotatable bonds is 0. The molecule has 0 aliphatic heterocycles. The van der Waals surface area contributed by atoms with Gasteiger partial charge in [-0.3, -0.25) is 0 Å². The molecule has 0 aromatic heterocycles. The Hall–Kier alpha value is -0.170. The molecule has 0 aliphatic rings. The van der Waals surface area contributed by atoms with Crippen molar-refractivity contribution >= 4 is 39.9 Å². The van der Waals surface area contributed by atoms with Crippen molar-refractivity contribution in [1.82, 2.24) is 0 Å². The minimum absolute atomic E-state index is 0.0575. The topological polar surface area (TPSA) is 26.0 Å². The largest absolute Gasteiger partial charge is 0.418 e. The number of hydrogen-bond donors (Lipinski definition) is 1. The Morgan fingerprint density at radius 2 is 1.85 bits per heavy atom. The summed E-state index contributed by atoms with van der Waals surface area (Å²) < 4.78 is 37.2. The Kier molecular flexibility index (Phi) is 2.96. The molecule has 1 nitrogen and oxygen atoms in total. The second kappa shape index (κ2) is 3.53. The summed E-state index contributed by atoms with van der Waals surface area (Å²) in [5.74, 6) is 0. The van der Waals surface area contributed by atoms with Crippen molar-refractivity contribution < 1.29 is 13.2 Å². The van der Waals surface area contributed by atoms with Crippen LogP contribution in [0.25, 0.3) is 0 Å². The lowest BCUT2D eigenvalue weighted by molar-refractivity contribution is -0.136. The normalized spacial score (nSPS) is 11.8.